The molecule has 7 heteroatoms. The van der Waals surface area contributed by atoms with Crippen LogP contribution in [0, 0.1) is 17.0 Å². The number of benzene rings is 1. The summed E-state index contributed by atoms with van der Waals surface area (Å²) in [6, 6.07) is 2.92. The first kappa shape index (κ1) is 14.4. The third kappa shape index (κ3) is 3.19. The Morgan fingerprint density at radius 1 is 1.61 bits per heavy atom. The summed E-state index contributed by atoms with van der Waals surface area (Å²) in [5.41, 5.74) is 0.261. The molecule has 98 valence electrons. The summed E-state index contributed by atoms with van der Waals surface area (Å²) in [6.07, 6.45) is -0.870. The Balaban J connectivity index is 3.22. The van der Waals surface area contributed by atoms with Crippen LogP contribution in [0.4, 0.5) is 5.69 Å². The van der Waals surface area contributed by atoms with Gasteiger partial charge in [0.25, 0.3) is 0 Å². The molecule has 6 nitrogen and oxygen atoms in total. The van der Waals surface area contributed by atoms with Crippen molar-refractivity contribution in [2.45, 2.75) is 26.4 Å². The second kappa shape index (κ2) is 5.81. The largest absolute Gasteiger partial charge is 0.479 e. The number of nitro groups is 1. The summed E-state index contributed by atoms with van der Waals surface area (Å²) in [5, 5.41) is 19.8. The Bertz CT molecular complexity index is 489. The van der Waals surface area contributed by atoms with Gasteiger partial charge in [-0.15, -0.1) is 0 Å². The maximum absolute atomic E-state index is 10.9. The van der Waals surface area contributed by atoms with Gasteiger partial charge in [-0.1, -0.05) is 22.9 Å². The van der Waals surface area contributed by atoms with Crippen LogP contribution in [0.2, 0.25) is 0 Å². The summed E-state index contributed by atoms with van der Waals surface area (Å²) >= 11 is 3.15. The predicted molar refractivity (Wildman–Crippen MR) is 67.9 cm³/mol. The number of carboxylic acids is 1. The van der Waals surface area contributed by atoms with Crippen LogP contribution in [0.5, 0.6) is 5.75 Å². The van der Waals surface area contributed by atoms with E-state index in [0.29, 0.717) is 10.0 Å². The molecule has 1 rings (SSSR count). The zero-order chi connectivity index (χ0) is 13.9. The van der Waals surface area contributed by atoms with Crippen LogP contribution in [0.15, 0.2) is 16.6 Å². The molecule has 0 heterocycles. The molecule has 0 amide bonds. The molecule has 0 radical (unpaired) electrons. The lowest BCUT2D eigenvalue weighted by atomic mass is 10.2. The van der Waals surface area contributed by atoms with Crippen molar-refractivity contribution in [3.05, 3.63) is 32.3 Å². The average Bonchev–Trinajstić information content (AvgIpc) is 2.26. The quantitative estimate of drug-likeness (QED) is 0.666. The van der Waals surface area contributed by atoms with E-state index in [1.807, 2.05) is 0 Å². The van der Waals surface area contributed by atoms with E-state index in [1.165, 1.54) is 6.07 Å². The number of nitrogens with zero attached hydrogens (tertiary/aromatic N) is 1. The maximum atomic E-state index is 10.9. The SMILES string of the molecule is CCC(Oc1c(C)cc(Br)cc1[N+](=O)[O-])C(=O)O. The lowest BCUT2D eigenvalue weighted by molar-refractivity contribution is -0.386. The van der Waals surface area contributed by atoms with Crippen molar-refractivity contribution in [1.82, 2.24) is 0 Å². The molecule has 0 aliphatic heterocycles. The zero-order valence-corrected chi connectivity index (χ0v) is 11.4. The Morgan fingerprint density at radius 2 is 2.22 bits per heavy atom. The van der Waals surface area contributed by atoms with Gasteiger partial charge in [0.15, 0.2) is 6.10 Å². The van der Waals surface area contributed by atoms with Crippen molar-refractivity contribution in [3.8, 4) is 5.75 Å². The van der Waals surface area contributed by atoms with E-state index in [4.69, 9.17) is 9.84 Å². The van der Waals surface area contributed by atoms with E-state index in [0.717, 1.165) is 0 Å². The first-order valence-electron chi connectivity index (χ1n) is 5.20. The maximum Gasteiger partial charge on any atom is 0.344 e. The molecular weight excluding hydrogens is 306 g/mol. The first-order valence-corrected chi connectivity index (χ1v) is 6.00. The fraction of sp³-hybridized carbons (Fsp3) is 0.364. The molecule has 1 aromatic rings. The summed E-state index contributed by atoms with van der Waals surface area (Å²) in [4.78, 5) is 21.2. The summed E-state index contributed by atoms with van der Waals surface area (Å²) in [6.45, 7) is 3.26. The van der Waals surface area contributed by atoms with E-state index in [2.05, 4.69) is 15.9 Å². The van der Waals surface area contributed by atoms with Gasteiger partial charge in [-0.05, 0) is 25.0 Å². The number of ether oxygens (including phenoxy) is 1. The lowest BCUT2D eigenvalue weighted by Gasteiger charge is -2.15. The molecule has 1 unspecified atom stereocenters. The van der Waals surface area contributed by atoms with Crippen LogP contribution < -0.4 is 4.74 Å². The second-order valence-electron chi connectivity index (χ2n) is 3.68. The summed E-state index contributed by atoms with van der Waals surface area (Å²) in [5.74, 6) is -1.15. The summed E-state index contributed by atoms with van der Waals surface area (Å²) < 4.78 is 5.79. The third-order valence-corrected chi connectivity index (χ3v) is 2.78. The van der Waals surface area contributed by atoms with Gasteiger partial charge in [0, 0.05) is 10.5 Å². The highest BCUT2D eigenvalue weighted by molar-refractivity contribution is 9.10. The number of aliphatic carboxylic acids is 1. The molecule has 0 spiro atoms. The predicted octanol–water partition coefficient (Wildman–Crippen LogP) is 2.91. The van der Waals surface area contributed by atoms with Crippen molar-refractivity contribution in [2.24, 2.45) is 0 Å². The summed E-state index contributed by atoms with van der Waals surface area (Å²) in [7, 11) is 0. The van der Waals surface area contributed by atoms with Crippen molar-refractivity contribution >= 4 is 27.6 Å². The Morgan fingerprint density at radius 3 is 2.67 bits per heavy atom. The molecule has 1 N–H and O–H groups in total. The van der Waals surface area contributed by atoms with E-state index >= 15 is 0 Å². The number of hydrogen-bond acceptors (Lipinski definition) is 4. The molecule has 18 heavy (non-hydrogen) atoms. The number of rotatable bonds is 5. The van der Waals surface area contributed by atoms with Crippen LogP contribution in [0.3, 0.4) is 0 Å². The fourth-order valence-electron chi connectivity index (χ4n) is 1.45. The van der Waals surface area contributed by atoms with Crippen LogP contribution in [-0.4, -0.2) is 22.1 Å². The van der Waals surface area contributed by atoms with Gasteiger partial charge in [-0.2, -0.15) is 0 Å². The molecule has 0 saturated heterocycles. The standard InChI is InChI=1S/C11H12BrNO5/c1-3-9(11(14)15)18-10-6(2)4-7(12)5-8(10)13(16)17/h4-5,9H,3H2,1-2H3,(H,14,15). The molecule has 0 aromatic heterocycles. The van der Waals surface area contributed by atoms with Crippen molar-refractivity contribution in [3.63, 3.8) is 0 Å². The fourth-order valence-corrected chi connectivity index (χ4v) is 2.01. The molecule has 0 aliphatic carbocycles. The molecular formula is C11H12BrNO5. The average molecular weight is 318 g/mol. The van der Waals surface area contributed by atoms with Gasteiger partial charge in [0.1, 0.15) is 0 Å². The molecule has 0 fully saturated rings. The number of carboxylic acid groups (broad SMARTS) is 1. The Labute approximate surface area is 112 Å². The van der Waals surface area contributed by atoms with Gasteiger partial charge >= 0.3 is 11.7 Å². The smallest absolute Gasteiger partial charge is 0.344 e. The zero-order valence-electron chi connectivity index (χ0n) is 9.84. The van der Waals surface area contributed by atoms with Gasteiger partial charge in [0.2, 0.25) is 5.75 Å². The number of hydrogen-bond donors (Lipinski definition) is 1. The van der Waals surface area contributed by atoms with Crippen molar-refractivity contribution in [1.29, 1.82) is 0 Å². The highest BCUT2D eigenvalue weighted by atomic mass is 79.9. The van der Waals surface area contributed by atoms with E-state index in [1.54, 1.807) is 19.9 Å². The Kier molecular flexibility index (Phi) is 4.66. The van der Waals surface area contributed by atoms with Gasteiger partial charge < -0.3 is 9.84 Å². The normalized spacial score (nSPS) is 11.9. The molecule has 0 saturated carbocycles. The van der Waals surface area contributed by atoms with E-state index in [9.17, 15) is 14.9 Å². The third-order valence-electron chi connectivity index (χ3n) is 2.32. The number of nitro benzene ring substituents is 1. The minimum atomic E-state index is -1.14. The van der Waals surface area contributed by atoms with Crippen LogP contribution in [-0.2, 0) is 4.79 Å². The second-order valence-corrected chi connectivity index (χ2v) is 4.60. The molecule has 0 aliphatic rings. The van der Waals surface area contributed by atoms with Gasteiger partial charge in [-0.25, -0.2) is 4.79 Å². The van der Waals surface area contributed by atoms with Crippen LogP contribution >= 0.6 is 15.9 Å². The number of carbonyl (C=O) groups is 1. The monoisotopic (exact) mass is 317 g/mol. The van der Waals surface area contributed by atoms with Gasteiger partial charge in [0.05, 0.1) is 4.92 Å². The first-order chi connectivity index (χ1) is 8.36. The van der Waals surface area contributed by atoms with E-state index < -0.39 is 17.0 Å². The molecule has 1 aromatic carbocycles. The molecule has 0 bridgehead atoms. The molecule has 1 atom stereocenters. The highest BCUT2D eigenvalue weighted by Crippen LogP contribution is 2.35. The minimum Gasteiger partial charge on any atom is -0.479 e. The van der Waals surface area contributed by atoms with Crippen molar-refractivity contribution < 1.29 is 19.6 Å². The van der Waals surface area contributed by atoms with Gasteiger partial charge in [-0.3, -0.25) is 10.1 Å². The Hall–Kier alpha value is -1.63. The lowest BCUT2D eigenvalue weighted by Crippen LogP contribution is -2.26. The number of halogens is 1. The number of aryl methyl sites for hydroxylation is 1. The minimum absolute atomic E-state index is 0.00236. The van der Waals surface area contributed by atoms with Crippen molar-refractivity contribution in [2.75, 3.05) is 0 Å². The van der Waals surface area contributed by atoms with E-state index in [-0.39, 0.29) is 17.9 Å². The van der Waals surface area contributed by atoms with Crippen LogP contribution in [0.25, 0.3) is 0 Å². The highest BCUT2D eigenvalue weighted by Gasteiger charge is 2.25. The van der Waals surface area contributed by atoms with Crippen LogP contribution in [0.1, 0.15) is 18.9 Å². The topological polar surface area (TPSA) is 89.7 Å².